The minimum Gasteiger partial charge on any atom is -0.376 e. The summed E-state index contributed by atoms with van der Waals surface area (Å²) in [5.74, 6) is 5.62. The Hall–Kier alpha value is -2.19. The van der Waals surface area contributed by atoms with Crippen LogP contribution >= 0.6 is 22.6 Å². The number of hydrogen-bond acceptors (Lipinski definition) is 4. The van der Waals surface area contributed by atoms with Gasteiger partial charge in [-0.1, -0.05) is 18.2 Å². The first-order valence-electron chi connectivity index (χ1n) is 7.05. The number of anilines is 1. The number of aliphatic imine (C=N–C) groups is 1. The molecule has 1 aliphatic rings. The Balaban J connectivity index is 1.63. The van der Waals surface area contributed by atoms with Gasteiger partial charge in [0.05, 0.1) is 12.2 Å². The first kappa shape index (κ1) is 15.7. The van der Waals surface area contributed by atoms with Crippen LogP contribution in [-0.4, -0.2) is 23.7 Å². The van der Waals surface area contributed by atoms with Crippen molar-refractivity contribution in [2.24, 2.45) is 10.8 Å². The number of nitrogens with two attached hydrogens (primary N) is 1. The molecule has 116 valence electrons. The maximum absolute atomic E-state index is 12.1. The summed E-state index contributed by atoms with van der Waals surface area (Å²) in [6.45, 7) is 0.125. The zero-order valence-electron chi connectivity index (χ0n) is 12.2. The number of nitrogens with zero attached hydrogens (tertiary/aromatic N) is 2. The van der Waals surface area contributed by atoms with Crippen molar-refractivity contribution in [1.29, 1.82) is 0 Å². The third-order valence-electron chi connectivity index (χ3n) is 3.41. The number of para-hydroxylation sites is 1. The first-order chi connectivity index (χ1) is 11.1. The Morgan fingerprint density at radius 2 is 1.96 bits per heavy atom. The smallest absolute Gasteiger partial charge is 0.259 e. The number of carbonyl (C=O) groups excluding carboxylic acids is 1. The predicted octanol–water partition coefficient (Wildman–Crippen LogP) is 3.16. The summed E-state index contributed by atoms with van der Waals surface area (Å²) in [5, 5.41) is 4.16. The minimum atomic E-state index is -0.228. The highest BCUT2D eigenvalue weighted by molar-refractivity contribution is 14.1. The van der Waals surface area contributed by atoms with E-state index in [9.17, 15) is 4.79 Å². The Labute approximate surface area is 148 Å². The lowest BCUT2D eigenvalue weighted by Crippen LogP contribution is -2.37. The van der Waals surface area contributed by atoms with Crippen LogP contribution in [-0.2, 0) is 4.79 Å². The van der Waals surface area contributed by atoms with E-state index in [2.05, 4.69) is 32.9 Å². The van der Waals surface area contributed by atoms with Crippen LogP contribution in [0.25, 0.3) is 5.57 Å². The molecule has 0 bridgehead atoms. The number of fused-ring (bicyclic) bond motifs is 1. The molecule has 23 heavy (non-hydrogen) atoms. The third-order valence-corrected chi connectivity index (χ3v) is 4.13. The van der Waals surface area contributed by atoms with E-state index < -0.39 is 0 Å². The zero-order valence-corrected chi connectivity index (χ0v) is 14.4. The summed E-state index contributed by atoms with van der Waals surface area (Å²) in [4.78, 5) is 16.4. The number of halogens is 1. The van der Waals surface area contributed by atoms with Gasteiger partial charge in [0.2, 0.25) is 0 Å². The lowest BCUT2D eigenvalue weighted by molar-refractivity contribution is -0.126. The molecule has 0 unspecified atom stereocenters. The second kappa shape index (κ2) is 6.93. The van der Waals surface area contributed by atoms with Crippen LogP contribution in [0.3, 0.4) is 0 Å². The largest absolute Gasteiger partial charge is 0.376 e. The maximum atomic E-state index is 12.1. The fraction of sp³-hybridized carbons (Fsp3) is 0.0588. The van der Waals surface area contributed by atoms with Gasteiger partial charge in [-0.25, -0.2) is 5.84 Å². The number of nitrogens with one attached hydrogen (secondary N) is 1. The van der Waals surface area contributed by atoms with E-state index in [1.54, 1.807) is 12.4 Å². The topological polar surface area (TPSA) is 70.7 Å². The van der Waals surface area contributed by atoms with E-state index >= 15 is 0 Å². The molecular weight excluding hydrogens is 403 g/mol. The Kier molecular flexibility index (Phi) is 4.73. The van der Waals surface area contributed by atoms with Crippen LogP contribution in [0.15, 0.2) is 59.7 Å². The molecule has 1 amide bonds. The molecule has 1 heterocycles. The van der Waals surface area contributed by atoms with Crippen LogP contribution in [0.2, 0.25) is 0 Å². The highest BCUT2D eigenvalue weighted by Crippen LogP contribution is 2.30. The molecule has 0 saturated carbocycles. The van der Waals surface area contributed by atoms with Crippen molar-refractivity contribution in [2.45, 2.75) is 0 Å². The van der Waals surface area contributed by atoms with E-state index in [4.69, 9.17) is 5.84 Å². The van der Waals surface area contributed by atoms with Gasteiger partial charge in [0.25, 0.3) is 5.91 Å². The van der Waals surface area contributed by atoms with Gasteiger partial charge >= 0.3 is 0 Å². The summed E-state index contributed by atoms with van der Waals surface area (Å²) in [6, 6.07) is 15.5. The van der Waals surface area contributed by atoms with Crippen molar-refractivity contribution in [3.8, 4) is 0 Å². The van der Waals surface area contributed by atoms with Crippen molar-refractivity contribution < 1.29 is 4.79 Å². The van der Waals surface area contributed by atoms with Crippen molar-refractivity contribution in [2.75, 3.05) is 11.9 Å². The molecule has 0 fully saturated rings. The van der Waals surface area contributed by atoms with Gasteiger partial charge < -0.3 is 5.32 Å². The van der Waals surface area contributed by atoms with Crippen molar-refractivity contribution in [1.82, 2.24) is 5.01 Å². The van der Waals surface area contributed by atoms with E-state index in [1.807, 2.05) is 48.5 Å². The van der Waals surface area contributed by atoms with Gasteiger partial charge in [-0.15, -0.1) is 0 Å². The van der Waals surface area contributed by atoms with Gasteiger partial charge in [-0.2, -0.15) is 0 Å². The third kappa shape index (κ3) is 3.77. The van der Waals surface area contributed by atoms with E-state index in [0.717, 1.165) is 31.1 Å². The molecule has 0 radical (unpaired) electrons. The van der Waals surface area contributed by atoms with Crippen LogP contribution < -0.4 is 11.2 Å². The lowest BCUT2D eigenvalue weighted by atomic mass is 10.1. The van der Waals surface area contributed by atoms with E-state index in [0.29, 0.717) is 0 Å². The summed E-state index contributed by atoms with van der Waals surface area (Å²) in [7, 11) is 0. The molecule has 5 nitrogen and oxygen atoms in total. The molecule has 0 spiro atoms. The molecule has 2 aromatic carbocycles. The van der Waals surface area contributed by atoms with Gasteiger partial charge in [-0.3, -0.25) is 14.8 Å². The first-order valence-corrected chi connectivity index (χ1v) is 8.13. The van der Waals surface area contributed by atoms with E-state index in [1.165, 1.54) is 0 Å². The van der Waals surface area contributed by atoms with Gasteiger partial charge in [0, 0.05) is 32.8 Å². The quantitative estimate of drug-likeness (QED) is 0.347. The average molecular weight is 418 g/mol. The average Bonchev–Trinajstić information content (AvgIpc) is 2.97. The normalized spacial score (nSPS) is 13.9. The monoisotopic (exact) mass is 418 g/mol. The number of hydrogen-bond donors (Lipinski definition) is 2. The molecule has 0 aliphatic carbocycles. The molecule has 0 atom stereocenters. The maximum Gasteiger partial charge on any atom is 0.259 e. The molecule has 6 heteroatoms. The molecule has 3 rings (SSSR count). The Bertz CT molecular complexity index is 783. The Morgan fingerprint density at radius 3 is 2.74 bits per heavy atom. The fourth-order valence-electron chi connectivity index (χ4n) is 2.20. The molecule has 0 aromatic heterocycles. The Morgan fingerprint density at radius 1 is 1.22 bits per heavy atom. The number of amides is 1. The van der Waals surface area contributed by atoms with Crippen LogP contribution in [0.1, 0.15) is 5.56 Å². The summed E-state index contributed by atoms with van der Waals surface area (Å²) in [6.07, 6.45) is 3.32. The summed E-state index contributed by atoms with van der Waals surface area (Å²) in [5.41, 5.74) is 3.57. The molecule has 2 aromatic rings. The number of benzene rings is 2. The molecule has 1 aliphatic heterocycles. The summed E-state index contributed by atoms with van der Waals surface area (Å²) >= 11 is 2.23. The lowest BCUT2D eigenvalue weighted by Gasteiger charge is -2.14. The second-order valence-electron chi connectivity index (χ2n) is 5.02. The highest BCUT2D eigenvalue weighted by Gasteiger charge is 2.14. The van der Waals surface area contributed by atoms with E-state index in [-0.39, 0.29) is 12.5 Å². The van der Waals surface area contributed by atoms with Crippen molar-refractivity contribution in [3.63, 3.8) is 0 Å². The van der Waals surface area contributed by atoms with Gasteiger partial charge in [0.15, 0.2) is 0 Å². The van der Waals surface area contributed by atoms with Gasteiger partial charge in [-0.05, 0) is 52.9 Å². The van der Waals surface area contributed by atoms with Crippen LogP contribution in [0.5, 0.6) is 0 Å². The zero-order chi connectivity index (χ0) is 16.2. The summed E-state index contributed by atoms with van der Waals surface area (Å²) < 4.78 is 1.14. The second-order valence-corrected chi connectivity index (χ2v) is 6.27. The molecule has 3 N–H and O–H groups in total. The molecular formula is C17H15IN4O. The fourth-order valence-corrected chi connectivity index (χ4v) is 2.56. The number of hydrazine groups is 1. The number of carbonyl (C=O) groups is 1. The molecule has 0 saturated heterocycles. The number of allylic oxidation sites excluding steroid dienone is 1. The highest BCUT2D eigenvalue weighted by atomic mass is 127. The van der Waals surface area contributed by atoms with Crippen LogP contribution in [0, 0.1) is 3.57 Å². The minimum absolute atomic E-state index is 0.125. The van der Waals surface area contributed by atoms with Crippen molar-refractivity contribution in [3.05, 3.63) is 63.9 Å². The van der Waals surface area contributed by atoms with Crippen LogP contribution in [0.4, 0.5) is 11.4 Å². The van der Waals surface area contributed by atoms with Gasteiger partial charge in [0.1, 0.15) is 0 Å². The standard InChI is InChI=1S/C17H15IN4O/c18-13-5-7-14(8-6-13)20-10-17(23)22(19)11-12-9-21-16-4-2-1-3-15(12)16/h1-9,11,20H,10,19H2. The van der Waals surface area contributed by atoms with Crippen molar-refractivity contribution >= 4 is 51.7 Å². The number of rotatable bonds is 4. The SMILES string of the molecule is NN(C=C1C=Nc2ccccc21)C(=O)CNc1ccc(I)cc1. The predicted molar refractivity (Wildman–Crippen MR) is 101 cm³/mol.